The minimum atomic E-state index is -1.02. The Hall–Kier alpha value is -2.90. The molecular formula is C16H15F2NO5. The van der Waals surface area contributed by atoms with Crippen molar-refractivity contribution in [1.29, 1.82) is 0 Å². The third-order valence-electron chi connectivity index (χ3n) is 3.29. The van der Waals surface area contributed by atoms with Crippen molar-refractivity contribution in [1.82, 2.24) is 0 Å². The molecule has 0 atom stereocenters. The third-order valence-corrected chi connectivity index (χ3v) is 3.29. The van der Waals surface area contributed by atoms with Crippen molar-refractivity contribution in [2.24, 2.45) is 0 Å². The maximum absolute atomic E-state index is 13.8. The molecule has 0 aliphatic carbocycles. The van der Waals surface area contributed by atoms with Crippen LogP contribution in [0, 0.1) is 18.6 Å². The summed E-state index contributed by atoms with van der Waals surface area (Å²) in [5.74, 6) is -2.67. The van der Waals surface area contributed by atoms with E-state index in [1.807, 2.05) is 0 Å². The van der Waals surface area contributed by atoms with Crippen LogP contribution in [-0.4, -0.2) is 26.2 Å². The van der Waals surface area contributed by atoms with Crippen molar-refractivity contribution in [3.8, 4) is 0 Å². The van der Waals surface area contributed by atoms with Gasteiger partial charge >= 0.3 is 11.9 Å². The quantitative estimate of drug-likeness (QED) is 0.844. The number of esters is 2. The fourth-order valence-corrected chi connectivity index (χ4v) is 2.08. The molecular weight excluding hydrogens is 324 g/mol. The Morgan fingerprint density at radius 3 is 2.29 bits per heavy atom. The SMILES string of the molecule is COC(=O)c1cc(NCc2cc(C(=O)OC)c(C)o2)c(F)cc1F. The van der Waals surface area contributed by atoms with Gasteiger partial charge in [-0.3, -0.25) is 0 Å². The van der Waals surface area contributed by atoms with Crippen molar-refractivity contribution in [2.75, 3.05) is 19.5 Å². The van der Waals surface area contributed by atoms with Crippen LogP contribution >= 0.6 is 0 Å². The van der Waals surface area contributed by atoms with Gasteiger partial charge in [0.05, 0.1) is 32.0 Å². The van der Waals surface area contributed by atoms with Gasteiger partial charge in [-0.05, 0) is 19.1 Å². The molecule has 0 fully saturated rings. The average Bonchev–Trinajstić information content (AvgIpc) is 2.93. The summed E-state index contributed by atoms with van der Waals surface area (Å²) in [6.45, 7) is 1.60. The van der Waals surface area contributed by atoms with Crippen LogP contribution in [0.2, 0.25) is 0 Å². The van der Waals surface area contributed by atoms with Crippen LogP contribution in [0.25, 0.3) is 0 Å². The van der Waals surface area contributed by atoms with Crippen LogP contribution in [0.3, 0.4) is 0 Å². The number of hydrogen-bond donors (Lipinski definition) is 1. The van der Waals surface area contributed by atoms with E-state index in [0.29, 0.717) is 17.6 Å². The van der Waals surface area contributed by atoms with E-state index in [1.165, 1.54) is 13.2 Å². The van der Waals surface area contributed by atoms with Gasteiger partial charge in [-0.15, -0.1) is 0 Å². The highest BCUT2D eigenvalue weighted by Crippen LogP contribution is 2.22. The molecule has 6 nitrogen and oxygen atoms in total. The lowest BCUT2D eigenvalue weighted by atomic mass is 10.1. The fourth-order valence-electron chi connectivity index (χ4n) is 2.08. The first-order chi connectivity index (χ1) is 11.4. The summed E-state index contributed by atoms with van der Waals surface area (Å²) in [5.41, 5.74) is -0.248. The van der Waals surface area contributed by atoms with Crippen LogP contribution in [-0.2, 0) is 16.0 Å². The highest BCUT2D eigenvalue weighted by Gasteiger charge is 2.18. The number of methoxy groups -OCH3 is 2. The molecule has 0 bridgehead atoms. The van der Waals surface area contributed by atoms with Gasteiger partial charge in [0.2, 0.25) is 0 Å². The first-order valence-corrected chi connectivity index (χ1v) is 6.86. The summed E-state index contributed by atoms with van der Waals surface area (Å²) in [6.07, 6.45) is 0. The molecule has 2 rings (SSSR count). The van der Waals surface area contributed by atoms with Gasteiger partial charge in [0, 0.05) is 6.07 Å². The number of carbonyl (C=O) groups is 2. The van der Waals surface area contributed by atoms with Gasteiger partial charge in [0.15, 0.2) is 0 Å². The molecule has 0 spiro atoms. The number of hydrogen-bond acceptors (Lipinski definition) is 6. The first-order valence-electron chi connectivity index (χ1n) is 6.86. The molecule has 1 aromatic heterocycles. The van der Waals surface area contributed by atoms with Crippen LogP contribution in [0.15, 0.2) is 22.6 Å². The molecule has 1 aromatic carbocycles. The molecule has 0 aliphatic heterocycles. The monoisotopic (exact) mass is 339 g/mol. The predicted octanol–water partition coefficient (Wildman–Crippen LogP) is 3.05. The molecule has 0 radical (unpaired) electrons. The zero-order chi connectivity index (χ0) is 17.9. The number of aryl methyl sites for hydroxylation is 1. The minimum absolute atomic E-state index is 0.0149. The van der Waals surface area contributed by atoms with Crippen LogP contribution in [0.1, 0.15) is 32.2 Å². The molecule has 0 aliphatic rings. The fraction of sp³-hybridized carbons (Fsp3) is 0.250. The predicted molar refractivity (Wildman–Crippen MR) is 79.8 cm³/mol. The third kappa shape index (κ3) is 3.53. The lowest BCUT2D eigenvalue weighted by molar-refractivity contribution is 0.0587. The van der Waals surface area contributed by atoms with Crippen molar-refractivity contribution in [2.45, 2.75) is 13.5 Å². The van der Waals surface area contributed by atoms with Gasteiger partial charge < -0.3 is 19.2 Å². The number of rotatable bonds is 5. The number of halogens is 2. The molecule has 0 saturated heterocycles. The Labute approximate surface area is 136 Å². The number of carbonyl (C=O) groups excluding carboxylic acids is 2. The number of anilines is 1. The zero-order valence-corrected chi connectivity index (χ0v) is 13.2. The summed E-state index contributed by atoms with van der Waals surface area (Å²) in [5, 5.41) is 2.68. The molecule has 2 aromatic rings. The molecule has 0 amide bonds. The Morgan fingerprint density at radius 1 is 1.04 bits per heavy atom. The summed E-state index contributed by atoms with van der Waals surface area (Å²) in [6, 6.07) is 3.05. The number of nitrogens with one attached hydrogen (secondary N) is 1. The van der Waals surface area contributed by atoms with Gasteiger partial charge in [0.1, 0.15) is 28.7 Å². The lowest BCUT2D eigenvalue weighted by Gasteiger charge is -2.09. The minimum Gasteiger partial charge on any atom is -0.465 e. The lowest BCUT2D eigenvalue weighted by Crippen LogP contribution is -2.08. The molecule has 1 heterocycles. The van der Waals surface area contributed by atoms with E-state index < -0.39 is 29.1 Å². The number of benzene rings is 1. The largest absolute Gasteiger partial charge is 0.465 e. The summed E-state index contributed by atoms with van der Waals surface area (Å²) < 4.78 is 41.8. The van der Waals surface area contributed by atoms with Crippen LogP contribution in [0.4, 0.5) is 14.5 Å². The Bertz CT molecular complexity index is 785. The summed E-state index contributed by atoms with van der Waals surface area (Å²) in [4.78, 5) is 23.0. The second kappa shape index (κ2) is 7.12. The highest BCUT2D eigenvalue weighted by atomic mass is 19.1. The Kier molecular flexibility index (Phi) is 5.18. The zero-order valence-electron chi connectivity index (χ0n) is 13.2. The maximum Gasteiger partial charge on any atom is 0.341 e. The summed E-state index contributed by atoms with van der Waals surface area (Å²) >= 11 is 0. The number of furan rings is 1. The van der Waals surface area contributed by atoms with Crippen molar-refractivity contribution < 1.29 is 32.3 Å². The Morgan fingerprint density at radius 2 is 1.67 bits per heavy atom. The molecule has 24 heavy (non-hydrogen) atoms. The molecule has 0 saturated carbocycles. The smallest absolute Gasteiger partial charge is 0.341 e. The van der Waals surface area contributed by atoms with E-state index in [0.717, 1.165) is 13.2 Å². The van der Waals surface area contributed by atoms with E-state index in [4.69, 9.17) is 4.42 Å². The molecule has 0 unspecified atom stereocenters. The van der Waals surface area contributed by atoms with Gasteiger partial charge in [-0.25, -0.2) is 18.4 Å². The van der Waals surface area contributed by atoms with E-state index >= 15 is 0 Å². The standard InChI is InChI=1S/C16H15F2NO5/c1-8-10(15(20)22-2)4-9(24-8)7-19-14-5-11(16(21)23-3)12(17)6-13(14)18/h4-6,19H,7H2,1-3H3. The second-order valence-electron chi connectivity index (χ2n) is 4.83. The first kappa shape index (κ1) is 17.5. The van der Waals surface area contributed by atoms with Gasteiger partial charge in [-0.2, -0.15) is 0 Å². The molecule has 1 N–H and O–H groups in total. The maximum atomic E-state index is 13.8. The number of ether oxygens (including phenoxy) is 2. The average molecular weight is 339 g/mol. The van der Waals surface area contributed by atoms with Gasteiger partial charge in [-0.1, -0.05) is 0 Å². The summed E-state index contributed by atoms with van der Waals surface area (Å²) in [7, 11) is 2.34. The van der Waals surface area contributed by atoms with E-state index in [9.17, 15) is 18.4 Å². The molecule has 128 valence electrons. The normalized spacial score (nSPS) is 10.4. The highest BCUT2D eigenvalue weighted by molar-refractivity contribution is 5.91. The van der Waals surface area contributed by atoms with Crippen LogP contribution in [0.5, 0.6) is 0 Å². The van der Waals surface area contributed by atoms with E-state index in [-0.39, 0.29) is 17.8 Å². The van der Waals surface area contributed by atoms with E-state index in [2.05, 4.69) is 14.8 Å². The topological polar surface area (TPSA) is 77.8 Å². The van der Waals surface area contributed by atoms with Crippen molar-refractivity contribution >= 4 is 17.6 Å². The second-order valence-corrected chi connectivity index (χ2v) is 4.83. The van der Waals surface area contributed by atoms with Gasteiger partial charge in [0.25, 0.3) is 0 Å². The van der Waals surface area contributed by atoms with Crippen LogP contribution < -0.4 is 5.32 Å². The van der Waals surface area contributed by atoms with Crippen molar-refractivity contribution in [3.63, 3.8) is 0 Å². The van der Waals surface area contributed by atoms with E-state index in [1.54, 1.807) is 6.92 Å². The van der Waals surface area contributed by atoms with Crippen molar-refractivity contribution in [3.05, 3.63) is 52.5 Å². The Balaban J connectivity index is 2.20. The molecule has 8 heteroatoms.